The van der Waals surface area contributed by atoms with Crippen LogP contribution in [0.2, 0.25) is 0 Å². The molecule has 8 nitrogen and oxygen atoms in total. The minimum atomic E-state index is -3.88. The molecule has 0 spiro atoms. The number of anilines is 2. The third-order valence-electron chi connectivity index (χ3n) is 5.30. The number of amides is 1. The van der Waals surface area contributed by atoms with Gasteiger partial charge < -0.3 is 10.1 Å². The molecule has 0 unspecified atom stereocenters. The molecule has 0 aliphatic carbocycles. The van der Waals surface area contributed by atoms with Crippen molar-refractivity contribution in [2.75, 3.05) is 10.0 Å². The van der Waals surface area contributed by atoms with E-state index in [2.05, 4.69) is 20.0 Å². The van der Waals surface area contributed by atoms with E-state index >= 15 is 0 Å². The molecule has 2 N–H and O–H groups in total. The molecule has 1 atom stereocenters. The number of carbonyl (C=O) groups is 1. The van der Waals surface area contributed by atoms with E-state index in [1.165, 1.54) is 24.3 Å². The number of hydrogen-bond donors (Lipinski definition) is 2. The molecule has 180 valence electrons. The zero-order chi connectivity index (χ0) is 25.0. The Hall–Kier alpha value is -3.98. The first-order valence-corrected chi connectivity index (χ1v) is 12.6. The lowest BCUT2D eigenvalue weighted by atomic mass is 10.1. The highest BCUT2D eigenvalue weighted by atomic mass is 32.2. The van der Waals surface area contributed by atoms with E-state index in [-0.39, 0.29) is 16.8 Å². The van der Waals surface area contributed by atoms with E-state index in [9.17, 15) is 13.2 Å². The summed E-state index contributed by atoms with van der Waals surface area (Å²) in [7, 11) is -3.88. The van der Waals surface area contributed by atoms with E-state index in [1.807, 2.05) is 49.4 Å². The van der Waals surface area contributed by atoms with Gasteiger partial charge in [-0.15, -0.1) is 0 Å². The Kier molecular flexibility index (Phi) is 6.97. The highest BCUT2D eigenvalue weighted by Gasteiger charge is 2.20. The first-order chi connectivity index (χ1) is 16.7. The lowest BCUT2D eigenvalue weighted by Crippen LogP contribution is -2.32. The molecule has 35 heavy (non-hydrogen) atoms. The highest BCUT2D eigenvalue weighted by Crippen LogP contribution is 2.23. The number of fused-ring (bicyclic) bond motifs is 1. The average molecular weight is 491 g/mol. The normalized spacial score (nSPS) is 12.2. The number of nitrogens with one attached hydrogen (secondary N) is 2. The van der Waals surface area contributed by atoms with Gasteiger partial charge in [-0.3, -0.25) is 4.79 Å². The number of ether oxygens (including phenoxy) is 1. The number of aromatic nitrogens is 2. The monoisotopic (exact) mass is 490 g/mol. The Morgan fingerprint density at radius 1 is 0.914 bits per heavy atom. The highest BCUT2D eigenvalue weighted by molar-refractivity contribution is 7.92. The number of aryl methyl sites for hydroxylation is 2. The lowest BCUT2D eigenvalue weighted by molar-refractivity contribution is -0.122. The van der Waals surface area contributed by atoms with Crippen LogP contribution < -0.4 is 14.8 Å². The predicted molar refractivity (Wildman–Crippen MR) is 136 cm³/mol. The minimum Gasteiger partial charge on any atom is -0.481 e. The molecular formula is C26H26N4O4S. The Morgan fingerprint density at radius 2 is 1.57 bits per heavy atom. The van der Waals surface area contributed by atoms with Crippen molar-refractivity contribution in [1.29, 1.82) is 0 Å². The maximum atomic E-state index is 12.8. The summed E-state index contributed by atoms with van der Waals surface area (Å²) in [6, 6.07) is 21.2. The van der Waals surface area contributed by atoms with Crippen molar-refractivity contribution >= 4 is 38.3 Å². The van der Waals surface area contributed by atoms with E-state index in [1.54, 1.807) is 19.9 Å². The van der Waals surface area contributed by atoms with Crippen molar-refractivity contribution < 1.29 is 17.9 Å². The van der Waals surface area contributed by atoms with Crippen LogP contribution >= 0.6 is 0 Å². The van der Waals surface area contributed by atoms with Gasteiger partial charge in [-0.05, 0) is 73.5 Å². The summed E-state index contributed by atoms with van der Waals surface area (Å²) < 4.78 is 33.7. The van der Waals surface area contributed by atoms with Gasteiger partial charge in [-0.1, -0.05) is 37.3 Å². The second-order valence-electron chi connectivity index (χ2n) is 8.12. The molecular weight excluding hydrogens is 464 g/mol. The van der Waals surface area contributed by atoms with E-state index < -0.39 is 16.1 Å². The molecule has 1 amide bonds. The van der Waals surface area contributed by atoms with Crippen molar-refractivity contribution in [3.63, 3.8) is 0 Å². The van der Waals surface area contributed by atoms with E-state index in [0.717, 1.165) is 10.8 Å². The number of nitrogens with zero attached hydrogens (tertiary/aromatic N) is 2. The van der Waals surface area contributed by atoms with Gasteiger partial charge in [0, 0.05) is 17.1 Å². The van der Waals surface area contributed by atoms with Gasteiger partial charge in [0.05, 0.1) is 4.90 Å². The smallest absolute Gasteiger partial charge is 0.265 e. The van der Waals surface area contributed by atoms with Gasteiger partial charge in [0.1, 0.15) is 5.75 Å². The molecule has 3 aromatic carbocycles. The SMILES string of the molecule is CC[C@H](Oc1ccc2ccccc2c1)C(=O)Nc1ccc(S(=O)(=O)Nc2nc(C)cc(C)n2)cc1. The van der Waals surface area contributed by atoms with Gasteiger partial charge in [0.25, 0.3) is 15.9 Å². The van der Waals surface area contributed by atoms with Crippen molar-refractivity contribution in [1.82, 2.24) is 9.97 Å². The molecule has 1 heterocycles. The van der Waals surface area contributed by atoms with Crippen LogP contribution in [0.4, 0.5) is 11.6 Å². The maximum Gasteiger partial charge on any atom is 0.265 e. The van der Waals surface area contributed by atoms with Gasteiger partial charge in [0.15, 0.2) is 6.10 Å². The predicted octanol–water partition coefficient (Wildman–Crippen LogP) is 4.84. The molecule has 4 aromatic rings. The van der Waals surface area contributed by atoms with Gasteiger partial charge >= 0.3 is 0 Å². The van der Waals surface area contributed by atoms with Crippen LogP contribution in [0.1, 0.15) is 24.7 Å². The fourth-order valence-corrected chi connectivity index (χ4v) is 4.56. The summed E-state index contributed by atoms with van der Waals surface area (Å²) in [6.45, 7) is 5.39. The zero-order valence-corrected chi connectivity index (χ0v) is 20.5. The molecule has 0 radical (unpaired) electrons. The fraction of sp³-hybridized carbons (Fsp3) is 0.192. The fourth-order valence-electron chi connectivity index (χ4n) is 3.62. The van der Waals surface area contributed by atoms with Crippen LogP contribution in [0.5, 0.6) is 5.75 Å². The number of benzene rings is 3. The van der Waals surface area contributed by atoms with Crippen LogP contribution in [0.15, 0.2) is 77.7 Å². The summed E-state index contributed by atoms with van der Waals surface area (Å²) in [5, 5.41) is 4.90. The second-order valence-corrected chi connectivity index (χ2v) is 9.80. The van der Waals surface area contributed by atoms with Crippen LogP contribution in [0, 0.1) is 13.8 Å². The van der Waals surface area contributed by atoms with Crippen molar-refractivity contribution in [3.05, 3.63) is 84.2 Å². The molecule has 0 bridgehead atoms. The summed E-state index contributed by atoms with van der Waals surface area (Å²) in [5.41, 5.74) is 1.77. The second kappa shape index (κ2) is 10.1. The Balaban J connectivity index is 1.43. The summed E-state index contributed by atoms with van der Waals surface area (Å²) in [6.07, 6.45) is -0.242. The molecule has 0 saturated carbocycles. The standard InChI is InChI=1S/C26H26N4O4S/c1-4-24(34-22-12-9-19-7-5-6-8-20(19)16-22)25(31)29-21-10-13-23(14-11-21)35(32,33)30-26-27-17(2)15-18(3)28-26/h5-16,24H,4H2,1-3H3,(H,29,31)(H,27,28,30)/t24-/m0/s1. The van der Waals surface area contributed by atoms with Crippen LogP contribution in [-0.2, 0) is 14.8 Å². The molecule has 0 aliphatic rings. The maximum absolute atomic E-state index is 12.8. The first-order valence-electron chi connectivity index (χ1n) is 11.1. The average Bonchev–Trinajstić information content (AvgIpc) is 2.81. The van der Waals surface area contributed by atoms with Gasteiger partial charge in [0.2, 0.25) is 5.95 Å². The molecule has 0 fully saturated rings. The minimum absolute atomic E-state index is 0.0107. The molecule has 4 rings (SSSR count). The molecule has 9 heteroatoms. The third kappa shape index (κ3) is 5.93. The number of rotatable bonds is 8. The number of carbonyl (C=O) groups excluding carboxylic acids is 1. The first kappa shape index (κ1) is 24.2. The Bertz CT molecular complexity index is 1450. The van der Waals surface area contributed by atoms with E-state index in [4.69, 9.17) is 4.74 Å². The van der Waals surface area contributed by atoms with Crippen molar-refractivity contribution in [3.8, 4) is 5.75 Å². The van der Waals surface area contributed by atoms with Gasteiger partial charge in [-0.2, -0.15) is 0 Å². The van der Waals surface area contributed by atoms with Crippen molar-refractivity contribution in [2.45, 2.75) is 38.2 Å². The van der Waals surface area contributed by atoms with Crippen LogP contribution in [0.3, 0.4) is 0 Å². The topological polar surface area (TPSA) is 110 Å². The zero-order valence-electron chi connectivity index (χ0n) is 19.6. The molecule has 1 aromatic heterocycles. The lowest BCUT2D eigenvalue weighted by Gasteiger charge is -2.18. The van der Waals surface area contributed by atoms with Crippen molar-refractivity contribution in [2.24, 2.45) is 0 Å². The molecule has 0 saturated heterocycles. The number of hydrogen-bond acceptors (Lipinski definition) is 6. The van der Waals surface area contributed by atoms with Crippen LogP contribution in [-0.4, -0.2) is 30.4 Å². The summed E-state index contributed by atoms with van der Waals surface area (Å²) in [4.78, 5) is 21.1. The van der Waals surface area contributed by atoms with Crippen LogP contribution in [0.25, 0.3) is 10.8 Å². The Labute approximate surface area is 204 Å². The summed E-state index contributed by atoms with van der Waals surface area (Å²) in [5.74, 6) is 0.293. The van der Waals surface area contributed by atoms with E-state index in [0.29, 0.717) is 29.2 Å². The third-order valence-corrected chi connectivity index (χ3v) is 6.65. The van der Waals surface area contributed by atoms with Gasteiger partial charge in [-0.25, -0.2) is 23.1 Å². The quantitative estimate of drug-likeness (QED) is 0.366. The number of sulfonamides is 1. The Morgan fingerprint density at radius 3 is 2.23 bits per heavy atom. The largest absolute Gasteiger partial charge is 0.481 e. The molecule has 0 aliphatic heterocycles. The summed E-state index contributed by atoms with van der Waals surface area (Å²) >= 11 is 0.